The van der Waals surface area contributed by atoms with Crippen LogP contribution in [0.15, 0.2) is 24.3 Å². The third kappa shape index (κ3) is 4.50. The van der Waals surface area contributed by atoms with Crippen LogP contribution in [0.25, 0.3) is 0 Å². The topological polar surface area (TPSA) is 87.3 Å². The van der Waals surface area contributed by atoms with E-state index in [0.29, 0.717) is 17.8 Å². The van der Waals surface area contributed by atoms with E-state index >= 15 is 0 Å². The van der Waals surface area contributed by atoms with E-state index in [1.54, 1.807) is 24.3 Å². The Morgan fingerprint density at radius 1 is 1.35 bits per heavy atom. The summed E-state index contributed by atoms with van der Waals surface area (Å²) in [4.78, 5) is 12.0. The summed E-state index contributed by atoms with van der Waals surface area (Å²) in [6.45, 7) is 0.949. The third-order valence-corrected chi connectivity index (χ3v) is 3.68. The van der Waals surface area contributed by atoms with E-state index in [4.69, 9.17) is 0 Å². The molecule has 0 radical (unpaired) electrons. The highest BCUT2D eigenvalue weighted by Gasteiger charge is 2.18. The minimum Gasteiger partial charge on any atom is -0.324 e. The molecule has 1 saturated heterocycles. The van der Waals surface area contributed by atoms with Gasteiger partial charge in [-0.15, -0.1) is 0 Å². The van der Waals surface area contributed by atoms with Gasteiger partial charge in [-0.3, -0.25) is 9.52 Å². The maximum absolute atomic E-state index is 12.0. The number of hydrogen-bond donors (Lipinski definition) is 3. The van der Waals surface area contributed by atoms with Crippen molar-refractivity contribution in [3.63, 3.8) is 0 Å². The first-order chi connectivity index (χ1) is 9.44. The summed E-state index contributed by atoms with van der Waals surface area (Å²) in [6, 6.07) is 6.96. The Bertz CT molecular complexity index is 580. The summed E-state index contributed by atoms with van der Waals surface area (Å²) in [7, 11) is -3.37. The summed E-state index contributed by atoms with van der Waals surface area (Å²) in [6.07, 6.45) is 3.56. The minimum absolute atomic E-state index is 0.118. The second-order valence-electron chi connectivity index (χ2n) is 4.97. The molecule has 1 heterocycles. The molecule has 20 heavy (non-hydrogen) atoms. The first kappa shape index (κ1) is 14.8. The van der Waals surface area contributed by atoms with Crippen LogP contribution in [0.2, 0.25) is 0 Å². The van der Waals surface area contributed by atoms with Crippen LogP contribution in [0.5, 0.6) is 0 Å². The largest absolute Gasteiger partial charge is 0.324 e. The molecular formula is C13H19N3O3S. The number of benzene rings is 1. The molecule has 6 nitrogen and oxygen atoms in total. The standard InChI is InChI=1S/C13H19N3O3S/c1-20(18,19)16-12-7-3-2-6-11(12)15-13(17)9-10-5-4-8-14-10/h2-3,6-7,10,14,16H,4-5,8-9H2,1H3,(H,15,17). The monoisotopic (exact) mass is 297 g/mol. The first-order valence-corrected chi connectivity index (χ1v) is 8.43. The van der Waals surface area contributed by atoms with E-state index in [-0.39, 0.29) is 11.9 Å². The molecule has 3 N–H and O–H groups in total. The van der Waals surface area contributed by atoms with E-state index < -0.39 is 10.0 Å². The van der Waals surface area contributed by atoms with Crippen LogP contribution in [-0.2, 0) is 14.8 Å². The zero-order valence-corrected chi connectivity index (χ0v) is 12.2. The van der Waals surface area contributed by atoms with Crippen LogP contribution < -0.4 is 15.4 Å². The van der Waals surface area contributed by atoms with E-state index in [1.807, 2.05) is 0 Å². The zero-order chi connectivity index (χ0) is 14.6. The molecule has 110 valence electrons. The molecule has 0 aromatic heterocycles. The van der Waals surface area contributed by atoms with Crippen molar-refractivity contribution in [2.45, 2.75) is 25.3 Å². The van der Waals surface area contributed by atoms with Crippen LogP contribution in [-0.4, -0.2) is 33.2 Å². The van der Waals surface area contributed by atoms with Gasteiger partial charge in [0.1, 0.15) is 0 Å². The van der Waals surface area contributed by atoms with Crippen molar-refractivity contribution in [3.05, 3.63) is 24.3 Å². The fraction of sp³-hybridized carbons (Fsp3) is 0.462. The van der Waals surface area contributed by atoms with Crippen molar-refractivity contribution in [2.24, 2.45) is 0 Å². The SMILES string of the molecule is CS(=O)(=O)Nc1ccccc1NC(=O)CC1CCCN1. The maximum atomic E-state index is 12.0. The number of para-hydroxylation sites is 2. The lowest BCUT2D eigenvalue weighted by Gasteiger charge is -2.13. The Labute approximate surface area is 119 Å². The third-order valence-electron chi connectivity index (χ3n) is 3.09. The molecule has 0 aliphatic carbocycles. The number of anilines is 2. The van der Waals surface area contributed by atoms with E-state index in [0.717, 1.165) is 25.6 Å². The summed E-state index contributed by atoms with van der Waals surface area (Å²) in [5.74, 6) is -0.118. The van der Waals surface area contributed by atoms with E-state index in [9.17, 15) is 13.2 Å². The fourth-order valence-corrected chi connectivity index (χ4v) is 2.81. The van der Waals surface area contributed by atoms with Crippen molar-refractivity contribution in [1.29, 1.82) is 0 Å². The van der Waals surface area contributed by atoms with Crippen LogP contribution in [0, 0.1) is 0 Å². The van der Waals surface area contributed by atoms with Crippen LogP contribution in [0.3, 0.4) is 0 Å². The van der Waals surface area contributed by atoms with Gasteiger partial charge in [-0.2, -0.15) is 0 Å². The molecule has 0 saturated carbocycles. The van der Waals surface area contributed by atoms with Gasteiger partial charge in [0.25, 0.3) is 0 Å². The van der Waals surface area contributed by atoms with E-state index in [2.05, 4.69) is 15.4 Å². The average molecular weight is 297 g/mol. The summed E-state index contributed by atoms with van der Waals surface area (Å²) in [5.41, 5.74) is 0.851. The smallest absolute Gasteiger partial charge is 0.229 e. The van der Waals surface area contributed by atoms with Crippen molar-refractivity contribution < 1.29 is 13.2 Å². The molecule has 2 rings (SSSR count). The van der Waals surface area contributed by atoms with Crippen molar-refractivity contribution >= 4 is 27.3 Å². The highest BCUT2D eigenvalue weighted by atomic mass is 32.2. The van der Waals surface area contributed by atoms with Gasteiger partial charge in [-0.25, -0.2) is 8.42 Å². The highest BCUT2D eigenvalue weighted by molar-refractivity contribution is 7.92. The Kier molecular flexibility index (Phi) is 4.61. The molecule has 1 aliphatic rings. The highest BCUT2D eigenvalue weighted by Crippen LogP contribution is 2.22. The van der Waals surface area contributed by atoms with Gasteiger partial charge in [-0.05, 0) is 31.5 Å². The normalized spacial score (nSPS) is 18.8. The van der Waals surface area contributed by atoms with Gasteiger partial charge >= 0.3 is 0 Å². The number of carbonyl (C=O) groups excluding carboxylic acids is 1. The summed E-state index contributed by atoms with van der Waals surface area (Å²) >= 11 is 0. The van der Waals surface area contributed by atoms with Gasteiger partial charge in [0.15, 0.2) is 0 Å². The van der Waals surface area contributed by atoms with Gasteiger partial charge in [0.2, 0.25) is 15.9 Å². The van der Waals surface area contributed by atoms with Crippen molar-refractivity contribution in [2.75, 3.05) is 22.8 Å². The van der Waals surface area contributed by atoms with Gasteiger partial charge < -0.3 is 10.6 Å². The zero-order valence-electron chi connectivity index (χ0n) is 11.3. The van der Waals surface area contributed by atoms with Crippen LogP contribution >= 0.6 is 0 Å². The van der Waals surface area contributed by atoms with Crippen LogP contribution in [0.4, 0.5) is 11.4 Å². The second-order valence-corrected chi connectivity index (χ2v) is 6.71. The number of sulfonamides is 1. The molecule has 1 fully saturated rings. The molecular weight excluding hydrogens is 278 g/mol. The Hall–Kier alpha value is -1.60. The van der Waals surface area contributed by atoms with Crippen molar-refractivity contribution in [1.82, 2.24) is 5.32 Å². The molecule has 0 bridgehead atoms. The Balaban J connectivity index is 2.02. The molecule has 1 aliphatic heterocycles. The predicted molar refractivity (Wildman–Crippen MR) is 79.2 cm³/mol. The summed E-state index contributed by atoms with van der Waals surface area (Å²) < 4.78 is 25.0. The van der Waals surface area contributed by atoms with Gasteiger partial charge in [0, 0.05) is 12.5 Å². The lowest BCUT2D eigenvalue weighted by molar-refractivity contribution is -0.116. The predicted octanol–water partition coefficient (Wildman–Crippen LogP) is 1.14. The lowest BCUT2D eigenvalue weighted by atomic mass is 10.1. The Morgan fingerprint density at radius 3 is 2.65 bits per heavy atom. The van der Waals surface area contributed by atoms with Gasteiger partial charge in [0.05, 0.1) is 17.6 Å². The molecule has 1 amide bonds. The molecule has 7 heteroatoms. The van der Waals surface area contributed by atoms with Crippen molar-refractivity contribution in [3.8, 4) is 0 Å². The summed E-state index contributed by atoms with van der Waals surface area (Å²) in [5, 5.41) is 6.01. The lowest BCUT2D eigenvalue weighted by Crippen LogP contribution is -2.27. The minimum atomic E-state index is -3.37. The number of nitrogens with one attached hydrogen (secondary N) is 3. The fourth-order valence-electron chi connectivity index (χ4n) is 2.24. The average Bonchev–Trinajstić information content (AvgIpc) is 2.82. The molecule has 0 spiro atoms. The maximum Gasteiger partial charge on any atom is 0.229 e. The number of amides is 1. The van der Waals surface area contributed by atoms with Crippen LogP contribution in [0.1, 0.15) is 19.3 Å². The molecule has 1 aromatic rings. The first-order valence-electron chi connectivity index (χ1n) is 6.54. The molecule has 1 unspecified atom stereocenters. The van der Waals surface area contributed by atoms with E-state index in [1.165, 1.54) is 0 Å². The molecule has 1 aromatic carbocycles. The molecule has 1 atom stereocenters. The number of carbonyl (C=O) groups is 1. The quantitative estimate of drug-likeness (QED) is 0.760. The van der Waals surface area contributed by atoms with Gasteiger partial charge in [-0.1, -0.05) is 12.1 Å². The number of hydrogen-bond acceptors (Lipinski definition) is 4. The number of rotatable bonds is 5. The Morgan fingerprint density at radius 2 is 2.05 bits per heavy atom. The second kappa shape index (κ2) is 6.23.